The number of rotatable bonds is 11. The van der Waals surface area contributed by atoms with E-state index in [2.05, 4.69) is 5.32 Å². The van der Waals surface area contributed by atoms with Gasteiger partial charge in [0.15, 0.2) is 11.5 Å². The van der Waals surface area contributed by atoms with Gasteiger partial charge in [-0.25, -0.2) is 4.79 Å². The van der Waals surface area contributed by atoms with E-state index in [9.17, 15) is 9.59 Å². The third-order valence-corrected chi connectivity index (χ3v) is 4.92. The first kappa shape index (κ1) is 25.4. The number of para-hydroxylation sites is 2. The number of anilines is 1. The number of nitrogens with one attached hydrogen (secondary N) is 1. The Morgan fingerprint density at radius 3 is 2.26 bits per heavy atom. The number of hydrogen-bond acceptors (Lipinski definition) is 6. The van der Waals surface area contributed by atoms with E-state index < -0.39 is 18.0 Å². The number of esters is 1. The summed E-state index contributed by atoms with van der Waals surface area (Å²) in [4.78, 5) is 25.8. The van der Waals surface area contributed by atoms with Gasteiger partial charge in [-0.15, -0.1) is 0 Å². The van der Waals surface area contributed by atoms with Crippen molar-refractivity contribution in [3.05, 3.63) is 90.0 Å². The van der Waals surface area contributed by atoms with Crippen molar-refractivity contribution in [1.29, 1.82) is 0 Å². The third-order valence-electron chi connectivity index (χ3n) is 4.92. The lowest BCUT2D eigenvalue weighted by Gasteiger charge is -2.18. The molecule has 0 aliphatic carbocycles. The highest BCUT2D eigenvalue weighted by atomic mass is 16.5. The maximum atomic E-state index is 13.2. The fourth-order valence-electron chi connectivity index (χ4n) is 3.33. The zero-order valence-corrected chi connectivity index (χ0v) is 20.0. The summed E-state index contributed by atoms with van der Waals surface area (Å²) in [5.74, 6) is 0.540. The van der Waals surface area contributed by atoms with Gasteiger partial charge >= 0.3 is 5.97 Å². The first-order chi connectivity index (χ1) is 17.0. The van der Waals surface area contributed by atoms with Crippen LogP contribution in [0.2, 0.25) is 0 Å². The summed E-state index contributed by atoms with van der Waals surface area (Å²) in [6.45, 7) is 4.71. The van der Waals surface area contributed by atoms with Gasteiger partial charge in [0, 0.05) is 11.6 Å². The van der Waals surface area contributed by atoms with Crippen LogP contribution in [0.25, 0.3) is 6.08 Å². The molecule has 0 heterocycles. The first-order valence-corrected chi connectivity index (χ1v) is 11.3. The van der Waals surface area contributed by atoms with Gasteiger partial charge in [-0.3, -0.25) is 4.79 Å². The van der Waals surface area contributed by atoms with Crippen LogP contribution in [0.4, 0.5) is 5.69 Å². The van der Waals surface area contributed by atoms with E-state index in [1.165, 1.54) is 6.08 Å². The smallest absolute Gasteiger partial charge is 0.331 e. The molecule has 7 heteroatoms. The van der Waals surface area contributed by atoms with Crippen LogP contribution < -0.4 is 19.5 Å². The molecule has 0 radical (unpaired) electrons. The monoisotopic (exact) mass is 475 g/mol. The Kier molecular flexibility index (Phi) is 9.31. The summed E-state index contributed by atoms with van der Waals surface area (Å²) < 4.78 is 22.0. The Balaban J connectivity index is 1.78. The SMILES string of the molecule is CCOc1ccccc1NC(=O)C(OC(=O)/C=C/c1ccc(OCC)c(OC)c1)c1ccccc1. The minimum atomic E-state index is -1.15. The van der Waals surface area contributed by atoms with Gasteiger partial charge in [0.2, 0.25) is 6.10 Å². The molecule has 1 atom stereocenters. The largest absolute Gasteiger partial charge is 0.493 e. The number of hydrogen-bond donors (Lipinski definition) is 1. The zero-order valence-electron chi connectivity index (χ0n) is 20.0. The predicted octanol–water partition coefficient (Wildman–Crippen LogP) is 5.43. The van der Waals surface area contributed by atoms with Crippen molar-refractivity contribution in [3.63, 3.8) is 0 Å². The molecule has 0 fully saturated rings. The fraction of sp³-hybridized carbons (Fsp3) is 0.214. The Morgan fingerprint density at radius 1 is 0.857 bits per heavy atom. The lowest BCUT2D eigenvalue weighted by Crippen LogP contribution is -2.25. The van der Waals surface area contributed by atoms with Gasteiger partial charge in [-0.05, 0) is 49.8 Å². The molecule has 3 rings (SSSR count). The maximum absolute atomic E-state index is 13.2. The summed E-state index contributed by atoms with van der Waals surface area (Å²) in [7, 11) is 1.55. The normalized spacial score (nSPS) is 11.5. The molecule has 35 heavy (non-hydrogen) atoms. The van der Waals surface area contributed by atoms with Crippen molar-refractivity contribution in [2.24, 2.45) is 0 Å². The van der Waals surface area contributed by atoms with Crippen molar-refractivity contribution in [3.8, 4) is 17.2 Å². The molecule has 3 aromatic carbocycles. The van der Waals surface area contributed by atoms with E-state index in [4.69, 9.17) is 18.9 Å². The molecule has 1 unspecified atom stereocenters. The van der Waals surface area contributed by atoms with E-state index >= 15 is 0 Å². The van der Waals surface area contributed by atoms with Gasteiger partial charge in [0.25, 0.3) is 5.91 Å². The number of ether oxygens (including phenoxy) is 4. The molecule has 0 bridgehead atoms. The van der Waals surface area contributed by atoms with E-state index in [1.54, 1.807) is 73.8 Å². The van der Waals surface area contributed by atoms with Crippen molar-refractivity contribution >= 4 is 23.6 Å². The topological polar surface area (TPSA) is 83.1 Å². The molecule has 1 amide bonds. The standard InChI is InChI=1S/C28H29NO6/c1-4-33-23-14-10-9-13-22(23)29-28(31)27(21-11-7-6-8-12-21)35-26(30)18-16-20-15-17-24(34-5-2)25(19-20)32-3/h6-19,27H,4-5H2,1-3H3,(H,29,31)/b18-16+. The summed E-state index contributed by atoms with van der Waals surface area (Å²) in [6.07, 6.45) is 1.70. The van der Waals surface area contributed by atoms with Gasteiger partial charge in [0.1, 0.15) is 5.75 Å². The molecule has 0 aliphatic rings. The van der Waals surface area contributed by atoms with Crippen molar-refractivity contribution < 1.29 is 28.5 Å². The van der Waals surface area contributed by atoms with Crippen LogP contribution in [-0.4, -0.2) is 32.2 Å². The first-order valence-electron chi connectivity index (χ1n) is 11.3. The lowest BCUT2D eigenvalue weighted by atomic mass is 10.1. The van der Waals surface area contributed by atoms with Crippen LogP contribution in [0, 0.1) is 0 Å². The number of benzene rings is 3. The number of carbonyl (C=O) groups excluding carboxylic acids is 2. The van der Waals surface area contributed by atoms with Crippen LogP contribution >= 0.6 is 0 Å². The van der Waals surface area contributed by atoms with E-state index in [1.807, 2.05) is 26.0 Å². The highest BCUT2D eigenvalue weighted by Gasteiger charge is 2.25. The van der Waals surface area contributed by atoms with Gasteiger partial charge < -0.3 is 24.3 Å². The summed E-state index contributed by atoms with van der Waals surface area (Å²) in [5.41, 5.74) is 1.75. The molecule has 182 valence electrons. The second kappa shape index (κ2) is 12.8. The van der Waals surface area contributed by atoms with Crippen LogP contribution in [0.15, 0.2) is 78.9 Å². The molecule has 0 saturated carbocycles. The van der Waals surface area contributed by atoms with Crippen LogP contribution in [0.5, 0.6) is 17.2 Å². The third kappa shape index (κ3) is 7.11. The molecular formula is C28H29NO6. The Labute approximate surface area is 205 Å². The molecule has 0 saturated heterocycles. The average Bonchev–Trinajstić information content (AvgIpc) is 2.88. The second-order valence-corrected chi connectivity index (χ2v) is 7.32. The minimum Gasteiger partial charge on any atom is -0.493 e. The Hall–Kier alpha value is -4.26. The predicted molar refractivity (Wildman–Crippen MR) is 135 cm³/mol. The molecule has 3 aromatic rings. The molecule has 0 spiro atoms. The molecule has 0 aliphatic heterocycles. The highest BCUT2D eigenvalue weighted by Crippen LogP contribution is 2.29. The van der Waals surface area contributed by atoms with E-state index in [0.717, 1.165) is 0 Å². The zero-order chi connectivity index (χ0) is 25.0. The molecule has 0 aromatic heterocycles. The molecule has 7 nitrogen and oxygen atoms in total. The second-order valence-electron chi connectivity index (χ2n) is 7.32. The number of carbonyl (C=O) groups is 2. The van der Waals surface area contributed by atoms with Gasteiger partial charge in [0.05, 0.1) is 26.0 Å². The van der Waals surface area contributed by atoms with Gasteiger partial charge in [-0.2, -0.15) is 0 Å². The van der Waals surface area contributed by atoms with Crippen LogP contribution in [-0.2, 0) is 14.3 Å². The van der Waals surface area contributed by atoms with Crippen molar-refractivity contribution in [1.82, 2.24) is 0 Å². The quantitative estimate of drug-likeness (QED) is 0.294. The van der Waals surface area contributed by atoms with Crippen molar-refractivity contribution in [2.45, 2.75) is 20.0 Å². The molecular weight excluding hydrogens is 446 g/mol. The molecule has 1 N–H and O–H groups in total. The van der Waals surface area contributed by atoms with Crippen molar-refractivity contribution in [2.75, 3.05) is 25.6 Å². The average molecular weight is 476 g/mol. The number of amides is 1. The lowest BCUT2D eigenvalue weighted by molar-refractivity contribution is -0.149. The fourth-order valence-corrected chi connectivity index (χ4v) is 3.33. The maximum Gasteiger partial charge on any atom is 0.331 e. The highest BCUT2D eigenvalue weighted by molar-refractivity contribution is 5.98. The Bertz CT molecular complexity index is 1160. The Morgan fingerprint density at radius 2 is 1.54 bits per heavy atom. The summed E-state index contributed by atoms with van der Waals surface area (Å²) in [5, 5.41) is 2.81. The van der Waals surface area contributed by atoms with E-state index in [-0.39, 0.29) is 0 Å². The van der Waals surface area contributed by atoms with E-state index in [0.29, 0.717) is 47.3 Å². The minimum absolute atomic E-state index is 0.450. The van der Waals surface area contributed by atoms with Crippen LogP contribution in [0.1, 0.15) is 31.1 Å². The number of methoxy groups -OCH3 is 1. The summed E-state index contributed by atoms with van der Waals surface area (Å²) in [6, 6.07) is 21.2. The van der Waals surface area contributed by atoms with Crippen LogP contribution in [0.3, 0.4) is 0 Å². The van der Waals surface area contributed by atoms with Gasteiger partial charge in [-0.1, -0.05) is 48.5 Å². The summed E-state index contributed by atoms with van der Waals surface area (Å²) >= 11 is 0.